The Bertz CT molecular complexity index is 349. The standard InChI is InChI=1S/C10H13N3O2/c1-8(7-11)13-15-10(14)12-9-5-3-2-4-6-9/h2-6H,7,11H2,1H3,(H,12,14)/b13-8+. The molecule has 0 aliphatic rings. The lowest BCUT2D eigenvalue weighted by atomic mass is 10.3. The summed E-state index contributed by atoms with van der Waals surface area (Å²) in [6, 6.07) is 8.97. The van der Waals surface area contributed by atoms with Gasteiger partial charge in [-0.2, -0.15) is 0 Å². The Morgan fingerprint density at radius 1 is 1.47 bits per heavy atom. The van der Waals surface area contributed by atoms with Crippen molar-refractivity contribution in [3.8, 4) is 0 Å². The highest BCUT2D eigenvalue weighted by atomic mass is 16.7. The fraction of sp³-hybridized carbons (Fsp3) is 0.200. The number of nitrogens with zero attached hydrogens (tertiary/aromatic N) is 1. The number of nitrogens with two attached hydrogens (primary N) is 1. The molecule has 0 bridgehead atoms. The molecule has 0 aliphatic carbocycles. The second-order valence-corrected chi connectivity index (χ2v) is 2.90. The molecular weight excluding hydrogens is 194 g/mol. The number of oxime groups is 1. The molecule has 80 valence electrons. The van der Waals surface area contributed by atoms with E-state index in [9.17, 15) is 4.79 Å². The Morgan fingerprint density at radius 3 is 2.73 bits per heavy atom. The van der Waals surface area contributed by atoms with Crippen LogP contribution in [0.4, 0.5) is 10.5 Å². The molecule has 1 aromatic rings. The van der Waals surface area contributed by atoms with E-state index in [-0.39, 0.29) is 6.54 Å². The summed E-state index contributed by atoms with van der Waals surface area (Å²) in [4.78, 5) is 15.7. The Morgan fingerprint density at radius 2 is 2.13 bits per heavy atom. The van der Waals surface area contributed by atoms with Crippen LogP contribution in [0.25, 0.3) is 0 Å². The SMILES string of the molecule is C/C(CN)=N\OC(=O)Nc1ccccc1. The smallest absolute Gasteiger partial charge is 0.325 e. The zero-order valence-electron chi connectivity index (χ0n) is 8.43. The van der Waals surface area contributed by atoms with Crippen LogP contribution >= 0.6 is 0 Å². The summed E-state index contributed by atoms with van der Waals surface area (Å²) >= 11 is 0. The van der Waals surface area contributed by atoms with Crippen molar-refractivity contribution in [1.29, 1.82) is 0 Å². The molecule has 5 nitrogen and oxygen atoms in total. The van der Waals surface area contributed by atoms with Crippen molar-refractivity contribution >= 4 is 17.5 Å². The van der Waals surface area contributed by atoms with E-state index in [1.54, 1.807) is 19.1 Å². The zero-order chi connectivity index (χ0) is 11.1. The minimum Gasteiger partial charge on any atom is -0.325 e. The summed E-state index contributed by atoms with van der Waals surface area (Å²) < 4.78 is 0. The minimum atomic E-state index is -0.631. The summed E-state index contributed by atoms with van der Waals surface area (Å²) in [5.74, 6) is 0. The Kier molecular flexibility index (Phi) is 4.30. The molecule has 0 aromatic heterocycles. The lowest BCUT2D eigenvalue weighted by molar-refractivity contribution is 0.166. The minimum absolute atomic E-state index is 0.263. The molecule has 3 N–H and O–H groups in total. The quantitative estimate of drug-likeness (QED) is 0.448. The molecular formula is C10H13N3O2. The summed E-state index contributed by atoms with van der Waals surface area (Å²) in [7, 11) is 0. The van der Waals surface area contributed by atoms with E-state index >= 15 is 0 Å². The van der Waals surface area contributed by atoms with Crippen molar-refractivity contribution in [3.63, 3.8) is 0 Å². The van der Waals surface area contributed by atoms with Crippen LogP contribution in [0.15, 0.2) is 35.5 Å². The van der Waals surface area contributed by atoms with Gasteiger partial charge in [0.25, 0.3) is 0 Å². The molecule has 1 amide bonds. The fourth-order valence-electron chi connectivity index (χ4n) is 0.819. The Labute approximate surface area is 87.9 Å². The third-order valence-electron chi connectivity index (χ3n) is 1.60. The first-order chi connectivity index (χ1) is 7.22. The largest absolute Gasteiger partial charge is 0.437 e. The molecule has 0 atom stereocenters. The molecule has 15 heavy (non-hydrogen) atoms. The second kappa shape index (κ2) is 5.77. The third-order valence-corrected chi connectivity index (χ3v) is 1.60. The van der Waals surface area contributed by atoms with Crippen LogP contribution in [-0.2, 0) is 4.84 Å². The molecule has 1 rings (SSSR count). The first-order valence-corrected chi connectivity index (χ1v) is 4.49. The molecule has 0 unspecified atom stereocenters. The van der Waals surface area contributed by atoms with Gasteiger partial charge in [0.15, 0.2) is 0 Å². The number of anilines is 1. The van der Waals surface area contributed by atoms with Crippen LogP contribution in [0.5, 0.6) is 0 Å². The Balaban J connectivity index is 2.44. The highest BCUT2D eigenvalue weighted by Crippen LogP contribution is 2.05. The van der Waals surface area contributed by atoms with Gasteiger partial charge in [-0.15, -0.1) is 0 Å². The number of benzene rings is 1. The molecule has 0 saturated carbocycles. The van der Waals surface area contributed by atoms with Crippen LogP contribution < -0.4 is 11.1 Å². The first-order valence-electron chi connectivity index (χ1n) is 4.49. The predicted molar refractivity (Wildman–Crippen MR) is 58.7 cm³/mol. The lowest BCUT2D eigenvalue weighted by Gasteiger charge is -2.02. The van der Waals surface area contributed by atoms with Gasteiger partial charge in [0.05, 0.1) is 5.71 Å². The topological polar surface area (TPSA) is 76.7 Å². The van der Waals surface area contributed by atoms with Gasteiger partial charge in [-0.3, -0.25) is 10.2 Å². The van der Waals surface area contributed by atoms with E-state index in [2.05, 4.69) is 15.3 Å². The van der Waals surface area contributed by atoms with E-state index < -0.39 is 6.09 Å². The number of hydrogen-bond acceptors (Lipinski definition) is 4. The van der Waals surface area contributed by atoms with Gasteiger partial charge in [-0.25, -0.2) is 4.79 Å². The normalized spacial score (nSPS) is 10.9. The van der Waals surface area contributed by atoms with Crippen molar-refractivity contribution in [2.45, 2.75) is 6.92 Å². The maximum absolute atomic E-state index is 11.2. The van der Waals surface area contributed by atoms with Crippen molar-refractivity contribution in [2.24, 2.45) is 10.9 Å². The predicted octanol–water partition coefficient (Wildman–Crippen LogP) is 1.57. The summed E-state index contributed by atoms with van der Waals surface area (Å²) in [5.41, 5.74) is 6.48. The average Bonchev–Trinajstić information content (AvgIpc) is 2.27. The van der Waals surface area contributed by atoms with Crippen LogP contribution in [-0.4, -0.2) is 18.3 Å². The van der Waals surface area contributed by atoms with E-state index in [0.717, 1.165) is 0 Å². The van der Waals surface area contributed by atoms with Gasteiger partial charge in [0.2, 0.25) is 0 Å². The van der Waals surface area contributed by atoms with Gasteiger partial charge in [-0.05, 0) is 19.1 Å². The lowest BCUT2D eigenvalue weighted by Crippen LogP contribution is -2.14. The Hall–Kier alpha value is -1.88. The highest BCUT2D eigenvalue weighted by Gasteiger charge is 2.01. The van der Waals surface area contributed by atoms with Gasteiger partial charge in [0.1, 0.15) is 0 Å². The first kappa shape index (κ1) is 11.2. The van der Waals surface area contributed by atoms with Gasteiger partial charge >= 0.3 is 6.09 Å². The van der Waals surface area contributed by atoms with E-state index in [1.807, 2.05) is 18.2 Å². The fourth-order valence-corrected chi connectivity index (χ4v) is 0.819. The second-order valence-electron chi connectivity index (χ2n) is 2.90. The summed E-state index contributed by atoms with van der Waals surface area (Å²) in [6.45, 7) is 1.94. The third kappa shape index (κ3) is 4.24. The highest BCUT2D eigenvalue weighted by molar-refractivity contribution is 5.87. The summed E-state index contributed by atoms with van der Waals surface area (Å²) in [5, 5.41) is 6.03. The number of para-hydroxylation sites is 1. The number of hydrogen-bond donors (Lipinski definition) is 2. The average molecular weight is 207 g/mol. The molecule has 5 heteroatoms. The van der Waals surface area contributed by atoms with Gasteiger partial charge < -0.3 is 5.73 Å². The maximum atomic E-state index is 11.2. The monoisotopic (exact) mass is 207 g/mol. The molecule has 1 aromatic carbocycles. The van der Waals surface area contributed by atoms with Crippen LogP contribution in [0.1, 0.15) is 6.92 Å². The molecule has 0 aliphatic heterocycles. The van der Waals surface area contributed by atoms with Gasteiger partial charge in [0, 0.05) is 12.2 Å². The molecule has 0 fully saturated rings. The van der Waals surface area contributed by atoms with Crippen molar-refractivity contribution in [2.75, 3.05) is 11.9 Å². The molecule has 0 saturated heterocycles. The summed E-state index contributed by atoms with van der Waals surface area (Å²) in [6.07, 6.45) is -0.631. The molecule has 0 heterocycles. The number of carbonyl (C=O) groups excluding carboxylic acids is 1. The maximum Gasteiger partial charge on any atom is 0.437 e. The van der Waals surface area contributed by atoms with E-state index in [4.69, 9.17) is 5.73 Å². The van der Waals surface area contributed by atoms with Crippen molar-refractivity contribution in [3.05, 3.63) is 30.3 Å². The van der Waals surface area contributed by atoms with Crippen LogP contribution in [0.2, 0.25) is 0 Å². The van der Waals surface area contributed by atoms with E-state index in [0.29, 0.717) is 11.4 Å². The number of carbonyl (C=O) groups is 1. The molecule has 0 spiro atoms. The van der Waals surface area contributed by atoms with Crippen LogP contribution in [0.3, 0.4) is 0 Å². The van der Waals surface area contributed by atoms with Crippen molar-refractivity contribution in [1.82, 2.24) is 0 Å². The van der Waals surface area contributed by atoms with Crippen LogP contribution in [0, 0.1) is 0 Å². The number of nitrogens with one attached hydrogen (secondary N) is 1. The van der Waals surface area contributed by atoms with E-state index in [1.165, 1.54) is 0 Å². The number of rotatable bonds is 3. The van der Waals surface area contributed by atoms with Gasteiger partial charge in [-0.1, -0.05) is 23.4 Å². The number of amides is 1. The molecule has 0 radical (unpaired) electrons. The van der Waals surface area contributed by atoms with Crippen molar-refractivity contribution < 1.29 is 9.63 Å². The zero-order valence-corrected chi connectivity index (χ0v) is 8.43.